The number of carboxylic acid groups (broad SMARTS) is 2. The van der Waals surface area contributed by atoms with Gasteiger partial charge in [-0.3, -0.25) is 37.7 Å². The Labute approximate surface area is 601 Å². The number of rotatable bonds is 28. The Morgan fingerprint density at radius 1 is 0.404 bits per heavy atom. The summed E-state index contributed by atoms with van der Waals surface area (Å²) in [5.41, 5.74) is 17.7. The van der Waals surface area contributed by atoms with Crippen LogP contribution >= 0.6 is 0 Å². The van der Waals surface area contributed by atoms with Crippen LogP contribution in [0.1, 0.15) is 95.2 Å². The molecule has 4 heterocycles. The highest BCUT2D eigenvalue weighted by Crippen LogP contribution is 2.30. The third kappa shape index (κ3) is 18.8. The lowest BCUT2D eigenvalue weighted by molar-refractivity contribution is 0.0682. The normalized spacial score (nSPS) is 11.2. The standard InChI is InChI=1S/2C29H38N6O3.2C11H8O3/c2*1-3-15-35-28(37)26-27(34(29(35)38)16-14-22-10-12-24(30)13-11-22)31-25(21-23-8-6-5-7-9-23)33(26)18-17-32(4-2)19-20-36;2*12-10-8-4-2-1-3-7(8)5-6-9(10)11(13)14/h2*5-13,36H,3-4,14-21,30H2,1-2H3;2*1-6,12H,(H,13,14). The summed E-state index contributed by atoms with van der Waals surface area (Å²) in [6, 6.07) is 55.7. The van der Waals surface area contributed by atoms with Crippen molar-refractivity contribution >= 4 is 67.2 Å². The summed E-state index contributed by atoms with van der Waals surface area (Å²) in [4.78, 5) is 90.2. The first kappa shape index (κ1) is 76.7. The molecular formula is C80H92N12O12. The van der Waals surface area contributed by atoms with E-state index in [-0.39, 0.29) is 58.3 Å². The third-order valence-electron chi connectivity index (χ3n) is 18.2. The SMILES string of the molecule is CCCn1c(=O)c2c(nc(Cc3ccccc3)n2CCN(CC)CCO)n(CCc2ccc(N)cc2)c1=O.CCCn1c(=O)c2c(nc(Cc3ccccc3)n2CCN(CC)CCO)n(CCc2ccc(N)cc2)c1=O.O=C(O)c1ccc2ccccc2c1O.O=C(O)c1ccc2ccccc2c1O. The number of fused-ring (bicyclic) bond motifs is 4. The lowest BCUT2D eigenvalue weighted by atomic mass is 10.1. The van der Waals surface area contributed by atoms with Crippen molar-refractivity contribution in [1.82, 2.24) is 47.2 Å². The summed E-state index contributed by atoms with van der Waals surface area (Å²) in [6.45, 7) is 14.7. The smallest absolute Gasteiger partial charge is 0.339 e. The van der Waals surface area contributed by atoms with Crippen molar-refractivity contribution in [3.05, 3.63) is 269 Å². The molecular weight excluding hydrogens is 1320 g/mol. The summed E-state index contributed by atoms with van der Waals surface area (Å²) in [5, 5.41) is 58.5. The second-order valence-electron chi connectivity index (χ2n) is 25.1. The molecule has 0 unspecified atom stereocenters. The molecule has 0 aliphatic carbocycles. The summed E-state index contributed by atoms with van der Waals surface area (Å²) in [5.74, 6) is -1.08. The van der Waals surface area contributed by atoms with Gasteiger partial charge in [0.15, 0.2) is 22.3 Å². The van der Waals surface area contributed by atoms with Crippen molar-refractivity contribution in [3.8, 4) is 11.5 Å². The number of aromatic hydroxyl groups is 2. The highest BCUT2D eigenvalue weighted by molar-refractivity contribution is 6.01. The number of anilines is 2. The van der Waals surface area contributed by atoms with E-state index in [0.29, 0.717) is 148 Å². The van der Waals surface area contributed by atoms with Gasteiger partial charge in [-0.05, 0) is 108 Å². The maximum absolute atomic E-state index is 13.8. The van der Waals surface area contributed by atoms with Crippen LogP contribution in [0.5, 0.6) is 11.5 Å². The van der Waals surface area contributed by atoms with E-state index in [2.05, 4.69) is 23.6 Å². The predicted octanol–water partition coefficient (Wildman–Crippen LogP) is 9.49. The average Bonchev–Trinajstić information content (AvgIpc) is 1.52. The number of aliphatic hydroxyl groups is 2. The first-order chi connectivity index (χ1) is 50.3. The molecule has 8 aromatic carbocycles. The minimum absolute atomic E-state index is 0.0660. The van der Waals surface area contributed by atoms with Gasteiger partial charge in [-0.15, -0.1) is 0 Å². The molecule has 0 aliphatic rings. The molecule has 24 nitrogen and oxygen atoms in total. The Bertz CT molecular complexity index is 4800. The van der Waals surface area contributed by atoms with Crippen LogP contribution in [0.3, 0.4) is 0 Å². The van der Waals surface area contributed by atoms with Crippen LogP contribution in [-0.2, 0) is 65.0 Å². The Hall–Kier alpha value is -11.4. The van der Waals surface area contributed by atoms with Crippen LogP contribution in [-0.4, -0.2) is 142 Å². The zero-order valence-corrected chi connectivity index (χ0v) is 59.2. The molecule has 24 heteroatoms. The molecule has 0 saturated carbocycles. The minimum Gasteiger partial charge on any atom is -0.506 e. The molecule has 4 aromatic heterocycles. The quantitative estimate of drug-likeness (QED) is 0.0212. The second kappa shape index (κ2) is 36.9. The summed E-state index contributed by atoms with van der Waals surface area (Å²) >= 11 is 0. The van der Waals surface area contributed by atoms with Gasteiger partial charge in [0.2, 0.25) is 0 Å². The van der Waals surface area contributed by atoms with Gasteiger partial charge in [-0.1, -0.05) is 173 Å². The molecule has 12 aromatic rings. The fourth-order valence-corrected chi connectivity index (χ4v) is 12.6. The van der Waals surface area contributed by atoms with Crippen molar-refractivity contribution in [2.45, 2.75) is 105 Å². The van der Waals surface area contributed by atoms with Crippen molar-refractivity contribution in [3.63, 3.8) is 0 Å². The Balaban J connectivity index is 0.000000176. The van der Waals surface area contributed by atoms with Gasteiger partial charge >= 0.3 is 23.3 Å². The average molecular weight is 1410 g/mol. The van der Waals surface area contributed by atoms with Crippen molar-refractivity contribution in [2.24, 2.45) is 0 Å². The van der Waals surface area contributed by atoms with E-state index >= 15 is 0 Å². The molecule has 0 spiro atoms. The van der Waals surface area contributed by atoms with E-state index in [9.17, 15) is 49.2 Å². The highest BCUT2D eigenvalue weighted by Gasteiger charge is 2.25. The van der Waals surface area contributed by atoms with Gasteiger partial charge in [-0.2, -0.15) is 0 Å². The molecule has 0 atom stereocenters. The molecule has 0 radical (unpaired) electrons. The zero-order chi connectivity index (χ0) is 74.4. The number of benzene rings is 8. The molecule has 12 rings (SSSR count). The number of aryl methyl sites for hydroxylation is 4. The predicted molar refractivity (Wildman–Crippen MR) is 408 cm³/mol. The van der Waals surface area contributed by atoms with Crippen LogP contribution in [0, 0.1) is 0 Å². The number of carbonyl (C=O) groups is 2. The van der Waals surface area contributed by atoms with Gasteiger partial charge in [0, 0.05) is 100 Å². The van der Waals surface area contributed by atoms with E-state index in [4.69, 9.17) is 31.6 Å². The molecule has 10 N–H and O–H groups in total. The van der Waals surface area contributed by atoms with E-state index in [0.717, 1.165) is 57.8 Å². The molecule has 0 fully saturated rings. The van der Waals surface area contributed by atoms with E-state index in [1.807, 2.05) is 156 Å². The topological polar surface area (TPSA) is 338 Å². The number of hydrogen-bond donors (Lipinski definition) is 8. The number of aliphatic hydroxyl groups excluding tert-OH is 2. The van der Waals surface area contributed by atoms with Crippen LogP contribution in [0.25, 0.3) is 43.9 Å². The number of aromatic nitrogens is 8. The zero-order valence-electron chi connectivity index (χ0n) is 59.2. The van der Waals surface area contributed by atoms with E-state index < -0.39 is 11.9 Å². The molecule has 0 saturated heterocycles. The number of likely N-dealkylation sites (N-methyl/N-ethyl adjacent to an activating group) is 2. The first-order valence-corrected chi connectivity index (χ1v) is 35.1. The number of nitrogen functional groups attached to an aromatic ring is 2. The monoisotopic (exact) mass is 1410 g/mol. The number of carboxylic acids is 2. The fourth-order valence-electron chi connectivity index (χ4n) is 12.6. The number of aromatic carboxylic acids is 2. The fraction of sp³-hybridized carbons (Fsp3) is 0.300. The Morgan fingerprint density at radius 3 is 1.10 bits per heavy atom. The number of imidazole rings is 2. The lowest BCUT2D eigenvalue weighted by Gasteiger charge is -2.20. The van der Waals surface area contributed by atoms with E-state index in [1.165, 1.54) is 21.3 Å². The van der Waals surface area contributed by atoms with E-state index in [1.54, 1.807) is 45.5 Å². The number of phenols is 2. The molecule has 0 amide bonds. The van der Waals surface area contributed by atoms with Gasteiger partial charge in [0.1, 0.15) is 34.3 Å². The largest absolute Gasteiger partial charge is 0.506 e. The second-order valence-corrected chi connectivity index (χ2v) is 25.1. The molecule has 0 aliphatic heterocycles. The number of hydrogen-bond acceptors (Lipinski definition) is 16. The molecule has 0 bridgehead atoms. The molecule has 544 valence electrons. The highest BCUT2D eigenvalue weighted by atomic mass is 16.4. The maximum atomic E-state index is 13.8. The molecule has 104 heavy (non-hydrogen) atoms. The van der Waals surface area contributed by atoms with Crippen LogP contribution in [0.2, 0.25) is 0 Å². The van der Waals surface area contributed by atoms with Gasteiger partial charge in [0.05, 0.1) is 13.2 Å². The maximum Gasteiger partial charge on any atom is 0.339 e. The lowest BCUT2D eigenvalue weighted by Crippen LogP contribution is -2.41. The van der Waals surface area contributed by atoms with Gasteiger partial charge < -0.3 is 51.2 Å². The number of nitrogens with zero attached hydrogens (tertiary/aromatic N) is 10. The first-order valence-electron chi connectivity index (χ1n) is 35.1. The van der Waals surface area contributed by atoms with Crippen molar-refractivity contribution < 1.29 is 40.2 Å². The van der Waals surface area contributed by atoms with Gasteiger partial charge in [0.25, 0.3) is 11.1 Å². The van der Waals surface area contributed by atoms with Crippen LogP contribution < -0.4 is 34.0 Å². The Morgan fingerprint density at radius 2 is 0.760 bits per heavy atom. The van der Waals surface area contributed by atoms with Crippen molar-refractivity contribution in [1.29, 1.82) is 0 Å². The minimum atomic E-state index is -1.12. The van der Waals surface area contributed by atoms with Gasteiger partial charge in [-0.25, -0.2) is 29.1 Å². The summed E-state index contributed by atoms with van der Waals surface area (Å²) in [7, 11) is 0. The van der Waals surface area contributed by atoms with Crippen molar-refractivity contribution in [2.75, 3.05) is 63.9 Å². The summed E-state index contributed by atoms with van der Waals surface area (Å²) in [6.07, 6.45) is 3.65. The number of nitrogens with two attached hydrogens (primary N) is 2. The Kier molecular flexibility index (Phi) is 27.3. The van der Waals surface area contributed by atoms with Crippen LogP contribution in [0.15, 0.2) is 201 Å². The van der Waals surface area contributed by atoms with Crippen LogP contribution in [0.4, 0.5) is 11.4 Å². The summed E-state index contributed by atoms with van der Waals surface area (Å²) < 4.78 is 9.96. The third-order valence-corrected chi connectivity index (χ3v) is 18.2.